The fraction of sp³-hybridized carbons (Fsp3) is 0.0588. The number of carbonyl (C=O) groups is 1. The minimum atomic E-state index is -0.341. The molecule has 1 heterocycles. The van der Waals surface area contributed by atoms with Gasteiger partial charge in [0, 0.05) is 22.7 Å². The lowest BCUT2D eigenvalue weighted by Gasteiger charge is -2.11. The van der Waals surface area contributed by atoms with Crippen molar-refractivity contribution in [1.29, 1.82) is 0 Å². The lowest BCUT2D eigenvalue weighted by Crippen LogP contribution is -2.13. The average Bonchev–Trinajstić information content (AvgIpc) is 2.54. The molecule has 0 aliphatic carbocycles. The Balaban J connectivity index is 2.02. The largest absolute Gasteiger partial charge is 0.497 e. The molecule has 0 atom stereocenters. The van der Waals surface area contributed by atoms with Crippen LogP contribution in [0.3, 0.4) is 0 Å². The number of benzene rings is 2. The van der Waals surface area contributed by atoms with Crippen LogP contribution in [0.1, 0.15) is 10.4 Å². The van der Waals surface area contributed by atoms with Gasteiger partial charge in [0.2, 0.25) is 0 Å². The maximum atomic E-state index is 12.5. The van der Waals surface area contributed by atoms with Gasteiger partial charge in [-0.05, 0) is 30.3 Å². The smallest absolute Gasteiger partial charge is 0.257 e. The van der Waals surface area contributed by atoms with Crippen LogP contribution in [-0.2, 0) is 0 Å². The number of methoxy groups -OCH3 is 1. The molecule has 23 heavy (non-hydrogen) atoms. The van der Waals surface area contributed by atoms with Gasteiger partial charge in [0.25, 0.3) is 5.91 Å². The van der Waals surface area contributed by atoms with Crippen LogP contribution in [0.2, 0.25) is 10.0 Å². The minimum Gasteiger partial charge on any atom is -0.497 e. The molecule has 3 rings (SSSR count). The van der Waals surface area contributed by atoms with E-state index in [-0.39, 0.29) is 10.9 Å². The Kier molecular flexibility index (Phi) is 4.37. The molecule has 1 amide bonds. The molecule has 0 spiro atoms. The van der Waals surface area contributed by atoms with Gasteiger partial charge in [0.15, 0.2) is 0 Å². The zero-order valence-electron chi connectivity index (χ0n) is 12.1. The Morgan fingerprint density at radius 3 is 2.74 bits per heavy atom. The van der Waals surface area contributed by atoms with Gasteiger partial charge in [-0.15, -0.1) is 0 Å². The maximum Gasteiger partial charge on any atom is 0.257 e. The SMILES string of the molecule is COc1cc(NC(=O)c2ccc(Cl)cc2Cl)c2ncccc2c1. The van der Waals surface area contributed by atoms with Gasteiger partial charge in [-0.2, -0.15) is 0 Å². The first kappa shape index (κ1) is 15.6. The van der Waals surface area contributed by atoms with Crippen LogP contribution in [0, 0.1) is 0 Å². The number of anilines is 1. The molecule has 116 valence electrons. The van der Waals surface area contributed by atoms with Gasteiger partial charge in [0.05, 0.1) is 28.9 Å². The first-order valence-electron chi connectivity index (χ1n) is 6.77. The molecule has 0 radical (unpaired) electrons. The molecule has 1 aromatic heterocycles. The Morgan fingerprint density at radius 1 is 1.17 bits per heavy atom. The molecule has 2 aromatic carbocycles. The first-order chi connectivity index (χ1) is 11.1. The molecule has 0 aliphatic rings. The van der Waals surface area contributed by atoms with Crippen molar-refractivity contribution in [3.05, 3.63) is 64.3 Å². The summed E-state index contributed by atoms with van der Waals surface area (Å²) in [6.45, 7) is 0. The van der Waals surface area contributed by atoms with Gasteiger partial charge in [-0.3, -0.25) is 9.78 Å². The zero-order valence-corrected chi connectivity index (χ0v) is 13.7. The van der Waals surface area contributed by atoms with Crippen LogP contribution in [0.25, 0.3) is 10.9 Å². The maximum absolute atomic E-state index is 12.5. The lowest BCUT2D eigenvalue weighted by molar-refractivity contribution is 0.102. The molecule has 0 fully saturated rings. The summed E-state index contributed by atoms with van der Waals surface area (Å²) < 4.78 is 5.27. The van der Waals surface area contributed by atoms with Crippen LogP contribution >= 0.6 is 23.2 Å². The summed E-state index contributed by atoms with van der Waals surface area (Å²) >= 11 is 11.9. The molecule has 0 aliphatic heterocycles. The van der Waals surface area contributed by atoms with Gasteiger partial charge < -0.3 is 10.1 Å². The summed E-state index contributed by atoms with van der Waals surface area (Å²) in [4.78, 5) is 16.8. The fourth-order valence-corrected chi connectivity index (χ4v) is 2.74. The van der Waals surface area contributed by atoms with Crippen molar-refractivity contribution in [2.24, 2.45) is 0 Å². The molecule has 0 saturated heterocycles. The molecule has 0 saturated carbocycles. The van der Waals surface area contributed by atoms with E-state index in [2.05, 4.69) is 10.3 Å². The molecular weight excluding hydrogens is 335 g/mol. The fourth-order valence-electron chi connectivity index (χ4n) is 2.24. The standard InChI is InChI=1S/C17H12Cl2N2O2/c1-23-12-7-10-3-2-6-20-16(10)15(9-12)21-17(22)13-5-4-11(18)8-14(13)19/h2-9H,1H3,(H,21,22). The van der Waals surface area contributed by atoms with E-state index < -0.39 is 0 Å². The van der Waals surface area contributed by atoms with Crippen molar-refractivity contribution in [3.63, 3.8) is 0 Å². The predicted molar refractivity (Wildman–Crippen MR) is 92.7 cm³/mol. The molecule has 4 nitrogen and oxygen atoms in total. The highest BCUT2D eigenvalue weighted by Gasteiger charge is 2.14. The number of hydrogen-bond acceptors (Lipinski definition) is 3. The second kappa shape index (κ2) is 6.44. The molecular formula is C17H12Cl2N2O2. The number of nitrogens with one attached hydrogen (secondary N) is 1. The van der Waals surface area contributed by atoms with Gasteiger partial charge >= 0.3 is 0 Å². The summed E-state index contributed by atoms with van der Waals surface area (Å²) in [5.41, 5.74) is 1.56. The number of carbonyl (C=O) groups excluding carboxylic acids is 1. The molecule has 0 unspecified atom stereocenters. The predicted octanol–water partition coefficient (Wildman–Crippen LogP) is 4.80. The van der Waals surface area contributed by atoms with Crippen molar-refractivity contribution >= 4 is 45.7 Å². The Labute approximate surface area is 143 Å². The van der Waals surface area contributed by atoms with Crippen molar-refractivity contribution < 1.29 is 9.53 Å². The van der Waals surface area contributed by atoms with Gasteiger partial charge in [-0.25, -0.2) is 0 Å². The Hall–Kier alpha value is -2.30. The van der Waals surface area contributed by atoms with Gasteiger partial charge in [0.1, 0.15) is 5.75 Å². The number of pyridine rings is 1. The van der Waals surface area contributed by atoms with Crippen molar-refractivity contribution in [1.82, 2.24) is 4.98 Å². The average molecular weight is 347 g/mol. The zero-order chi connectivity index (χ0) is 16.4. The molecule has 1 N–H and O–H groups in total. The van der Waals surface area contributed by atoms with E-state index in [1.54, 1.807) is 31.5 Å². The highest BCUT2D eigenvalue weighted by molar-refractivity contribution is 6.37. The first-order valence-corrected chi connectivity index (χ1v) is 7.53. The second-order valence-corrected chi connectivity index (χ2v) is 5.67. The van der Waals surface area contributed by atoms with E-state index in [1.165, 1.54) is 6.07 Å². The third-order valence-electron chi connectivity index (χ3n) is 3.34. The van der Waals surface area contributed by atoms with Crippen molar-refractivity contribution in [3.8, 4) is 5.75 Å². The Morgan fingerprint density at radius 2 is 2.00 bits per heavy atom. The second-order valence-electron chi connectivity index (χ2n) is 4.83. The number of amides is 1. The van der Waals surface area contributed by atoms with E-state index in [0.29, 0.717) is 27.5 Å². The molecule has 3 aromatic rings. The van der Waals surface area contributed by atoms with E-state index in [9.17, 15) is 4.79 Å². The van der Waals surface area contributed by atoms with Crippen LogP contribution in [0.15, 0.2) is 48.7 Å². The minimum absolute atomic E-state index is 0.287. The quantitative estimate of drug-likeness (QED) is 0.740. The number of nitrogens with zero attached hydrogens (tertiary/aromatic N) is 1. The van der Waals surface area contributed by atoms with Gasteiger partial charge in [-0.1, -0.05) is 29.3 Å². The number of hydrogen-bond donors (Lipinski definition) is 1. The monoisotopic (exact) mass is 346 g/mol. The summed E-state index contributed by atoms with van der Waals surface area (Å²) in [5.74, 6) is 0.287. The van der Waals surface area contributed by atoms with E-state index in [4.69, 9.17) is 27.9 Å². The van der Waals surface area contributed by atoms with Crippen LogP contribution in [0.4, 0.5) is 5.69 Å². The third-order valence-corrected chi connectivity index (χ3v) is 3.89. The third kappa shape index (κ3) is 3.23. The summed E-state index contributed by atoms with van der Waals surface area (Å²) in [5, 5.41) is 4.45. The van der Waals surface area contributed by atoms with E-state index in [0.717, 1.165) is 5.39 Å². The van der Waals surface area contributed by atoms with Crippen molar-refractivity contribution in [2.75, 3.05) is 12.4 Å². The summed E-state index contributed by atoms with van der Waals surface area (Å²) in [6, 6.07) is 12.0. The highest BCUT2D eigenvalue weighted by atomic mass is 35.5. The topological polar surface area (TPSA) is 51.2 Å². The number of ether oxygens (including phenoxy) is 1. The lowest BCUT2D eigenvalue weighted by atomic mass is 10.1. The summed E-state index contributed by atoms with van der Waals surface area (Å²) in [6.07, 6.45) is 1.67. The number of rotatable bonds is 3. The summed E-state index contributed by atoms with van der Waals surface area (Å²) in [7, 11) is 1.57. The molecule has 6 heteroatoms. The Bertz CT molecular complexity index is 897. The number of halogens is 2. The van der Waals surface area contributed by atoms with Crippen LogP contribution < -0.4 is 10.1 Å². The number of fused-ring (bicyclic) bond motifs is 1. The molecule has 0 bridgehead atoms. The number of aromatic nitrogens is 1. The highest BCUT2D eigenvalue weighted by Crippen LogP contribution is 2.29. The van der Waals surface area contributed by atoms with Crippen LogP contribution in [-0.4, -0.2) is 18.0 Å². The van der Waals surface area contributed by atoms with E-state index >= 15 is 0 Å². The van der Waals surface area contributed by atoms with Crippen molar-refractivity contribution in [2.45, 2.75) is 0 Å². The van der Waals surface area contributed by atoms with Crippen LogP contribution in [0.5, 0.6) is 5.75 Å². The normalized spacial score (nSPS) is 10.6. The van der Waals surface area contributed by atoms with E-state index in [1.807, 2.05) is 18.2 Å².